The number of urea groups is 1. The van der Waals surface area contributed by atoms with Crippen molar-refractivity contribution in [2.75, 3.05) is 5.32 Å². The lowest BCUT2D eigenvalue weighted by Gasteiger charge is -2.27. The van der Waals surface area contributed by atoms with Gasteiger partial charge in [-0.15, -0.1) is 0 Å². The molecule has 1 fully saturated rings. The van der Waals surface area contributed by atoms with Gasteiger partial charge in [-0.3, -0.25) is 14.5 Å². The maximum absolute atomic E-state index is 13.5. The summed E-state index contributed by atoms with van der Waals surface area (Å²) in [4.78, 5) is 51.0. The van der Waals surface area contributed by atoms with E-state index in [0.29, 0.717) is 29.5 Å². The number of carbonyl (C=O) groups is 3. The number of anilines is 1. The SMILES string of the molecule is CCC[C@]1(c2ccccc2)NC(=O)N(Cc2cc(=O)oc3cc(NC(C)=O)ccc23)C1=O. The predicted octanol–water partition coefficient (Wildman–Crippen LogP) is 3.50. The molecule has 1 aliphatic rings. The molecule has 0 bridgehead atoms. The van der Waals surface area contributed by atoms with Crippen LogP contribution in [0.4, 0.5) is 10.5 Å². The van der Waals surface area contributed by atoms with Crippen molar-refractivity contribution in [3.63, 3.8) is 0 Å². The molecular formula is C24H23N3O5. The number of benzene rings is 2. The third-order valence-electron chi connectivity index (χ3n) is 5.55. The molecule has 164 valence electrons. The van der Waals surface area contributed by atoms with Crippen molar-refractivity contribution in [3.8, 4) is 0 Å². The molecule has 0 saturated carbocycles. The van der Waals surface area contributed by atoms with E-state index >= 15 is 0 Å². The van der Waals surface area contributed by atoms with E-state index in [2.05, 4.69) is 10.6 Å². The van der Waals surface area contributed by atoms with E-state index in [4.69, 9.17) is 4.42 Å². The Bertz CT molecular complexity index is 1270. The highest BCUT2D eigenvalue weighted by Crippen LogP contribution is 2.35. The molecule has 4 amide bonds. The summed E-state index contributed by atoms with van der Waals surface area (Å²) in [6.07, 6.45) is 1.15. The molecule has 0 radical (unpaired) electrons. The fraction of sp³-hybridized carbons (Fsp3) is 0.250. The minimum absolute atomic E-state index is 0.0788. The van der Waals surface area contributed by atoms with E-state index in [9.17, 15) is 19.2 Å². The molecule has 1 aliphatic heterocycles. The molecule has 1 saturated heterocycles. The number of rotatable bonds is 6. The first kappa shape index (κ1) is 21.3. The number of hydrogen-bond donors (Lipinski definition) is 2. The fourth-order valence-corrected chi connectivity index (χ4v) is 4.19. The number of nitrogens with one attached hydrogen (secondary N) is 2. The molecule has 2 aromatic carbocycles. The summed E-state index contributed by atoms with van der Waals surface area (Å²) >= 11 is 0. The Hall–Kier alpha value is -3.94. The van der Waals surface area contributed by atoms with Crippen LogP contribution in [0.5, 0.6) is 0 Å². The average Bonchev–Trinajstić information content (AvgIpc) is 2.99. The lowest BCUT2D eigenvalue weighted by Crippen LogP contribution is -2.43. The summed E-state index contributed by atoms with van der Waals surface area (Å²) in [5, 5.41) is 6.10. The minimum atomic E-state index is -1.14. The quantitative estimate of drug-likeness (QED) is 0.457. The summed E-state index contributed by atoms with van der Waals surface area (Å²) < 4.78 is 5.28. The Morgan fingerprint density at radius 3 is 2.53 bits per heavy atom. The molecule has 8 heteroatoms. The first-order chi connectivity index (χ1) is 15.3. The van der Waals surface area contributed by atoms with Crippen molar-refractivity contribution < 1.29 is 18.8 Å². The lowest BCUT2D eigenvalue weighted by atomic mass is 9.85. The van der Waals surface area contributed by atoms with Crippen molar-refractivity contribution >= 4 is 34.5 Å². The summed E-state index contributed by atoms with van der Waals surface area (Å²) in [7, 11) is 0. The van der Waals surface area contributed by atoms with Gasteiger partial charge >= 0.3 is 11.7 Å². The molecule has 1 atom stereocenters. The number of hydrogen-bond acceptors (Lipinski definition) is 5. The largest absolute Gasteiger partial charge is 0.423 e. The first-order valence-electron chi connectivity index (χ1n) is 10.4. The van der Waals surface area contributed by atoms with Crippen LogP contribution in [0.25, 0.3) is 11.0 Å². The van der Waals surface area contributed by atoms with Crippen molar-refractivity contribution in [3.05, 3.63) is 76.1 Å². The van der Waals surface area contributed by atoms with Crippen LogP contribution in [0.15, 0.2) is 63.8 Å². The van der Waals surface area contributed by atoms with Gasteiger partial charge in [-0.2, -0.15) is 0 Å². The van der Waals surface area contributed by atoms with Gasteiger partial charge in [0.15, 0.2) is 0 Å². The van der Waals surface area contributed by atoms with Crippen LogP contribution in [-0.4, -0.2) is 22.7 Å². The van der Waals surface area contributed by atoms with Gasteiger partial charge in [0.25, 0.3) is 5.91 Å². The molecule has 1 aromatic heterocycles. The van der Waals surface area contributed by atoms with Gasteiger partial charge in [0.1, 0.15) is 11.1 Å². The zero-order valence-electron chi connectivity index (χ0n) is 17.8. The predicted molar refractivity (Wildman–Crippen MR) is 119 cm³/mol. The van der Waals surface area contributed by atoms with Gasteiger partial charge in [-0.25, -0.2) is 9.59 Å². The third-order valence-corrected chi connectivity index (χ3v) is 5.55. The Morgan fingerprint density at radius 2 is 1.84 bits per heavy atom. The second-order valence-corrected chi connectivity index (χ2v) is 7.83. The third kappa shape index (κ3) is 3.75. The summed E-state index contributed by atoms with van der Waals surface area (Å²) in [5.41, 5.74) is 0.193. The molecule has 32 heavy (non-hydrogen) atoms. The molecule has 8 nitrogen and oxygen atoms in total. The molecule has 4 rings (SSSR count). The Morgan fingerprint density at radius 1 is 1.09 bits per heavy atom. The second-order valence-electron chi connectivity index (χ2n) is 7.83. The number of nitrogens with zero attached hydrogens (tertiary/aromatic N) is 1. The average molecular weight is 433 g/mol. The zero-order valence-corrected chi connectivity index (χ0v) is 17.8. The highest BCUT2D eigenvalue weighted by molar-refractivity contribution is 6.07. The molecule has 0 unspecified atom stereocenters. The van der Waals surface area contributed by atoms with Crippen LogP contribution in [0, 0.1) is 0 Å². The first-order valence-corrected chi connectivity index (χ1v) is 10.4. The van der Waals surface area contributed by atoms with Gasteiger partial charge in [0.2, 0.25) is 5.91 Å². The van der Waals surface area contributed by atoms with Crippen molar-refractivity contribution in [2.45, 2.75) is 38.8 Å². The van der Waals surface area contributed by atoms with Crippen molar-refractivity contribution in [1.82, 2.24) is 10.2 Å². The van der Waals surface area contributed by atoms with Gasteiger partial charge in [-0.05, 0) is 29.7 Å². The summed E-state index contributed by atoms with van der Waals surface area (Å²) in [5.74, 6) is -0.609. The second kappa shape index (κ2) is 8.30. The Labute approximate surface area is 184 Å². The minimum Gasteiger partial charge on any atom is -0.423 e. The van der Waals surface area contributed by atoms with Crippen LogP contribution in [0.2, 0.25) is 0 Å². The molecule has 0 aliphatic carbocycles. The van der Waals surface area contributed by atoms with E-state index in [-0.39, 0.29) is 23.9 Å². The number of fused-ring (bicyclic) bond motifs is 1. The normalized spacial score (nSPS) is 18.1. The molecule has 2 N–H and O–H groups in total. The monoisotopic (exact) mass is 433 g/mol. The standard InChI is InChI=1S/C24H23N3O5/c1-3-11-24(17-7-5-4-6-8-17)22(30)27(23(31)26-24)14-16-12-21(29)32-20-13-18(25-15(2)28)9-10-19(16)20/h4-10,12-13H,3,11,14H2,1-2H3,(H,25,28)(H,26,31)/t24-/m1/s1. The van der Waals surface area contributed by atoms with Crippen LogP contribution in [0.1, 0.15) is 37.8 Å². The molecular weight excluding hydrogens is 410 g/mol. The van der Waals surface area contributed by atoms with Gasteiger partial charge in [0.05, 0.1) is 6.54 Å². The summed E-state index contributed by atoms with van der Waals surface area (Å²) in [6.45, 7) is 3.25. The maximum Gasteiger partial charge on any atom is 0.336 e. The lowest BCUT2D eigenvalue weighted by molar-refractivity contribution is -0.132. The van der Waals surface area contributed by atoms with E-state index in [1.165, 1.54) is 13.0 Å². The van der Waals surface area contributed by atoms with E-state index in [1.807, 2.05) is 37.3 Å². The van der Waals surface area contributed by atoms with Gasteiger partial charge in [0, 0.05) is 30.1 Å². The highest BCUT2D eigenvalue weighted by Gasteiger charge is 2.51. The van der Waals surface area contributed by atoms with Crippen LogP contribution >= 0.6 is 0 Å². The molecule has 0 spiro atoms. The molecule has 3 aromatic rings. The van der Waals surface area contributed by atoms with Gasteiger partial charge in [-0.1, -0.05) is 43.7 Å². The topological polar surface area (TPSA) is 109 Å². The van der Waals surface area contributed by atoms with Crippen molar-refractivity contribution in [1.29, 1.82) is 0 Å². The van der Waals surface area contributed by atoms with Gasteiger partial charge < -0.3 is 15.1 Å². The van der Waals surface area contributed by atoms with Crippen LogP contribution in [0.3, 0.4) is 0 Å². The van der Waals surface area contributed by atoms with Crippen LogP contribution in [-0.2, 0) is 21.7 Å². The zero-order chi connectivity index (χ0) is 22.9. The van der Waals surface area contributed by atoms with Crippen LogP contribution < -0.4 is 16.3 Å². The Balaban J connectivity index is 1.72. The van der Waals surface area contributed by atoms with E-state index in [1.54, 1.807) is 18.2 Å². The van der Waals surface area contributed by atoms with E-state index in [0.717, 1.165) is 10.5 Å². The maximum atomic E-state index is 13.5. The number of imide groups is 1. The smallest absolute Gasteiger partial charge is 0.336 e. The highest BCUT2D eigenvalue weighted by atomic mass is 16.4. The van der Waals surface area contributed by atoms with Crippen molar-refractivity contribution in [2.24, 2.45) is 0 Å². The number of amides is 4. The van der Waals surface area contributed by atoms with E-state index < -0.39 is 17.2 Å². The number of carbonyl (C=O) groups excluding carboxylic acids is 3. The Kier molecular flexibility index (Phi) is 5.52. The summed E-state index contributed by atoms with van der Waals surface area (Å²) in [6, 6.07) is 14.8. The molecule has 2 heterocycles. The fourth-order valence-electron chi connectivity index (χ4n) is 4.19.